The molecule has 21 heavy (non-hydrogen) atoms. The van der Waals surface area contributed by atoms with Crippen molar-refractivity contribution in [3.8, 4) is 0 Å². The topological polar surface area (TPSA) is 20.7 Å². The first-order valence-corrected chi connectivity index (χ1v) is 8.34. The maximum atomic E-state index is 13.8. The highest BCUT2D eigenvalue weighted by atomic mass is 32.1. The molecule has 1 atom stereocenters. The third-order valence-corrected chi connectivity index (χ3v) is 5.01. The number of benzene rings is 1. The average Bonchev–Trinajstić information content (AvgIpc) is 3.06. The Bertz CT molecular complexity index is 815. The second-order valence-electron chi connectivity index (χ2n) is 5.24. The van der Waals surface area contributed by atoms with Crippen molar-refractivity contribution in [2.24, 2.45) is 0 Å². The van der Waals surface area contributed by atoms with Gasteiger partial charge < -0.3 is 9.55 Å². The molecule has 0 aliphatic heterocycles. The molecular formula is C16H17FN2S2. The van der Waals surface area contributed by atoms with Gasteiger partial charge in [0.25, 0.3) is 0 Å². The SMILES string of the molecule is CCCC(c1cccs1)n1c(=S)[nH]c2cc(F)c(C)cc21. The highest BCUT2D eigenvalue weighted by molar-refractivity contribution is 7.71. The molecule has 0 radical (unpaired) electrons. The lowest BCUT2D eigenvalue weighted by Gasteiger charge is -2.18. The Morgan fingerprint density at radius 1 is 1.43 bits per heavy atom. The third kappa shape index (κ3) is 2.56. The predicted molar refractivity (Wildman–Crippen MR) is 89.2 cm³/mol. The van der Waals surface area contributed by atoms with Crippen molar-refractivity contribution >= 4 is 34.6 Å². The van der Waals surface area contributed by atoms with E-state index in [2.05, 4.69) is 34.0 Å². The number of rotatable bonds is 4. The van der Waals surface area contributed by atoms with Crippen LogP contribution in [0.3, 0.4) is 0 Å². The van der Waals surface area contributed by atoms with E-state index in [-0.39, 0.29) is 11.9 Å². The first-order valence-electron chi connectivity index (χ1n) is 7.05. The second-order valence-corrected chi connectivity index (χ2v) is 6.60. The average molecular weight is 320 g/mol. The van der Waals surface area contributed by atoms with Crippen LogP contribution in [-0.4, -0.2) is 9.55 Å². The molecule has 0 saturated carbocycles. The fraction of sp³-hybridized carbons (Fsp3) is 0.312. The van der Waals surface area contributed by atoms with Gasteiger partial charge >= 0.3 is 0 Å². The molecule has 3 rings (SSSR count). The highest BCUT2D eigenvalue weighted by Crippen LogP contribution is 2.31. The van der Waals surface area contributed by atoms with Gasteiger partial charge in [-0.05, 0) is 54.7 Å². The number of nitrogens with one attached hydrogen (secondary N) is 1. The number of aromatic amines is 1. The summed E-state index contributed by atoms with van der Waals surface area (Å²) in [6.07, 6.45) is 2.08. The van der Waals surface area contributed by atoms with E-state index in [0.717, 1.165) is 23.9 Å². The van der Waals surface area contributed by atoms with Crippen molar-refractivity contribution in [2.75, 3.05) is 0 Å². The van der Waals surface area contributed by atoms with Crippen molar-refractivity contribution < 1.29 is 4.39 Å². The number of hydrogen-bond donors (Lipinski definition) is 1. The summed E-state index contributed by atoms with van der Waals surface area (Å²) >= 11 is 7.23. The summed E-state index contributed by atoms with van der Waals surface area (Å²) in [7, 11) is 0. The Hall–Kier alpha value is -1.46. The van der Waals surface area contributed by atoms with Crippen LogP contribution in [0.25, 0.3) is 11.0 Å². The third-order valence-electron chi connectivity index (χ3n) is 3.74. The van der Waals surface area contributed by atoms with Crippen LogP contribution in [0.5, 0.6) is 0 Å². The molecule has 0 spiro atoms. The van der Waals surface area contributed by atoms with Gasteiger partial charge in [0, 0.05) is 4.88 Å². The Kier molecular flexibility index (Phi) is 3.95. The largest absolute Gasteiger partial charge is 0.330 e. The zero-order valence-corrected chi connectivity index (χ0v) is 13.7. The minimum absolute atomic E-state index is 0.200. The van der Waals surface area contributed by atoms with E-state index in [9.17, 15) is 4.39 Å². The molecule has 0 saturated heterocycles. The number of H-pyrrole nitrogens is 1. The molecule has 0 aliphatic rings. The number of hydrogen-bond acceptors (Lipinski definition) is 2. The van der Waals surface area contributed by atoms with Crippen molar-refractivity contribution in [2.45, 2.75) is 32.7 Å². The smallest absolute Gasteiger partial charge is 0.178 e. The Morgan fingerprint density at radius 3 is 2.90 bits per heavy atom. The first kappa shape index (κ1) is 14.5. The quantitative estimate of drug-likeness (QED) is 0.621. The summed E-state index contributed by atoms with van der Waals surface area (Å²) in [5.41, 5.74) is 2.39. The lowest BCUT2D eigenvalue weighted by Crippen LogP contribution is -2.09. The lowest BCUT2D eigenvalue weighted by atomic mass is 10.1. The fourth-order valence-corrected chi connectivity index (χ4v) is 3.90. The number of imidazole rings is 1. The summed E-state index contributed by atoms with van der Waals surface area (Å²) < 4.78 is 16.5. The Morgan fingerprint density at radius 2 is 2.24 bits per heavy atom. The van der Waals surface area contributed by atoms with Crippen molar-refractivity contribution in [1.29, 1.82) is 0 Å². The molecular weight excluding hydrogens is 303 g/mol. The van der Waals surface area contributed by atoms with Crippen LogP contribution < -0.4 is 0 Å². The van der Waals surface area contributed by atoms with Crippen LogP contribution in [0, 0.1) is 17.5 Å². The number of halogens is 1. The van der Waals surface area contributed by atoms with Gasteiger partial charge in [0.1, 0.15) is 5.82 Å². The van der Waals surface area contributed by atoms with E-state index < -0.39 is 0 Å². The fourth-order valence-electron chi connectivity index (χ4n) is 2.71. The summed E-state index contributed by atoms with van der Waals surface area (Å²) in [6, 6.07) is 7.83. The minimum Gasteiger partial charge on any atom is -0.330 e. The van der Waals surface area contributed by atoms with Crippen LogP contribution in [0.2, 0.25) is 0 Å². The number of fused-ring (bicyclic) bond motifs is 1. The summed E-state index contributed by atoms with van der Waals surface area (Å²) in [5.74, 6) is -0.200. The molecule has 1 N–H and O–H groups in total. The molecule has 2 aromatic heterocycles. The molecule has 1 aromatic carbocycles. The maximum absolute atomic E-state index is 13.8. The number of thiophene rings is 1. The second kappa shape index (κ2) is 5.73. The number of aromatic nitrogens is 2. The lowest BCUT2D eigenvalue weighted by molar-refractivity contribution is 0.548. The maximum Gasteiger partial charge on any atom is 0.178 e. The molecule has 1 unspecified atom stereocenters. The molecule has 0 amide bonds. The molecule has 2 heterocycles. The monoisotopic (exact) mass is 320 g/mol. The van der Waals surface area contributed by atoms with Gasteiger partial charge in [-0.15, -0.1) is 11.3 Å². The minimum atomic E-state index is -0.200. The van der Waals surface area contributed by atoms with Crippen LogP contribution in [0.15, 0.2) is 29.6 Å². The standard InChI is InChI=1S/C16H17FN2S2/c1-3-5-13(15-6-4-7-21-15)19-14-8-10(2)11(17)9-12(14)18-16(19)20/h4,6-9,13H,3,5H2,1-2H3,(H,18,20). The molecule has 5 heteroatoms. The van der Waals surface area contributed by atoms with Crippen LogP contribution in [0.4, 0.5) is 4.39 Å². The van der Waals surface area contributed by atoms with Crippen LogP contribution in [0.1, 0.15) is 36.2 Å². The number of aryl methyl sites for hydroxylation is 1. The molecule has 0 bridgehead atoms. The zero-order valence-electron chi connectivity index (χ0n) is 12.0. The molecule has 0 aliphatic carbocycles. The van der Waals surface area contributed by atoms with Gasteiger partial charge in [-0.3, -0.25) is 0 Å². The Labute approximate surface area is 132 Å². The van der Waals surface area contributed by atoms with Gasteiger partial charge in [-0.25, -0.2) is 4.39 Å². The Balaban J connectivity index is 2.24. The van der Waals surface area contributed by atoms with Crippen molar-refractivity contribution in [3.63, 3.8) is 0 Å². The van der Waals surface area contributed by atoms with Gasteiger partial charge in [-0.2, -0.15) is 0 Å². The predicted octanol–water partition coefficient (Wildman–Crippen LogP) is 5.60. The summed E-state index contributed by atoms with van der Waals surface area (Å²) in [5, 5.41) is 2.08. The van der Waals surface area contributed by atoms with E-state index in [1.54, 1.807) is 18.3 Å². The van der Waals surface area contributed by atoms with Gasteiger partial charge in [0.15, 0.2) is 4.77 Å². The van der Waals surface area contributed by atoms with Gasteiger partial charge in [0.05, 0.1) is 17.1 Å². The summed E-state index contributed by atoms with van der Waals surface area (Å²) in [4.78, 5) is 4.43. The van der Waals surface area contributed by atoms with E-state index in [1.807, 2.05) is 6.07 Å². The van der Waals surface area contributed by atoms with Crippen LogP contribution >= 0.6 is 23.6 Å². The van der Waals surface area contributed by atoms with E-state index in [1.165, 1.54) is 10.9 Å². The molecule has 2 nitrogen and oxygen atoms in total. The van der Waals surface area contributed by atoms with Crippen molar-refractivity contribution in [3.05, 3.63) is 50.7 Å². The van der Waals surface area contributed by atoms with E-state index in [4.69, 9.17) is 12.2 Å². The zero-order chi connectivity index (χ0) is 15.0. The van der Waals surface area contributed by atoms with Gasteiger partial charge in [-0.1, -0.05) is 19.4 Å². The normalized spacial score (nSPS) is 12.9. The van der Waals surface area contributed by atoms with E-state index >= 15 is 0 Å². The van der Waals surface area contributed by atoms with Crippen molar-refractivity contribution in [1.82, 2.24) is 9.55 Å². The molecule has 3 aromatic rings. The highest BCUT2D eigenvalue weighted by Gasteiger charge is 2.18. The number of nitrogens with zero attached hydrogens (tertiary/aromatic N) is 1. The summed E-state index contributed by atoms with van der Waals surface area (Å²) in [6.45, 7) is 3.96. The molecule has 110 valence electrons. The van der Waals surface area contributed by atoms with Gasteiger partial charge in [0.2, 0.25) is 0 Å². The van der Waals surface area contributed by atoms with Crippen LogP contribution in [-0.2, 0) is 0 Å². The van der Waals surface area contributed by atoms with E-state index in [0.29, 0.717) is 10.3 Å². The first-order chi connectivity index (χ1) is 10.1. The molecule has 0 fully saturated rings.